The summed E-state index contributed by atoms with van der Waals surface area (Å²) < 4.78 is 0. The molecule has 3 N–H and O–H groups in total. The molecule has 0 amide bonds. The zero-order valence-corrected chi connectivity index (χ0v) is 12.3. The van der Waals surface area contributed by atoms with Gasteiger partial charge in [-0.1, -0.05) is 11.8 Å². The minimum Gasteiger partial charge on any atom is -0.375 e. The van der Waals surface area contributed by atoms with Gasteiger partial charge < -0.3 is 14.8 Å². The first kappa shape index (κ1) is 16.5. The molecule has 0 aromatic rings. The first-order chi connectivity index (χ1) is 6.94. The van der Waals surface area contributed by atoms with E-state index in [9.17, 15) is 14.8 Å². The second-order valence-corrected chi connectivity index (χ2v) is 10.8. The number of nitrogens with one attached hydrogen (secondary N) is 1. The summed E-state index contributed by atoms with van der Waals surface area (Å²) in [4.78, 5) is 25.7. The molecule has 0 aromatic carbocycles. The molecule has 3 atom stereocenters. The fraction of sp³-hybridized carbons (Fsp3) is 0.875. The van der Waals surface area contributed by atoms with Gasteiger partial charge in [-0.2, -0.15) is 5.48 Å². The lowest BCUT2D eigenvalue weighted by Crippen LogP contribution is -2.50. The Balaban J connectivity index is 4.75. The van der Waals surface area contributed by atoms with Crippen LogP contribution in [0.1, 0.15) is 27.7 Å². The zero-order chi connectivity index (χ0) is 13.2. The molecule has 0 saturated carbocycles. The summed E-state index contributed by atoms with van der Waals surface area (Å²) in [6.07, 6.45) is -1.03. The number of carbonyl (C=O) groups is 1. The van der Waals surface area contributed by atoms with E-state index in [2.05, 4.69) is 17.7 Å². The number of hydrogen-bond donors (Lipinski definition) is 4. The molecule has 0 spiro atoms. The maximum Gasteiger partial charge on any atom is 0.146 e. The van der Waals surface area contributed by atoms with Crippen LogP contribution in [0.5, 0.6) is 0 Å². The van der Waals surface area contributed by atoms with Gasteiger partial charge in [0.15, 0.2) is 0 Å². The third-order valence-electron chi connectivity index (χ3n) is 1.90. The minimum absolute atomic E-state index is 0.393. The second-order valence-electron chi connectivity index (χ2n) is 4.62. The molecule has 5 nitrogen and oxygen atoms in total. The van der Waals surface area contributed by atoms with Gasteiger partial charge in [-0.05, 0) is 27.7 Å². The highest BCUT2D eigenvalue weighted by molar-refractivity contribution is 8.62. The van der Waals surface area contributed by atoms with Crippen molar-refractivity contribution in [2.75, 3.05) is 0 Å². The summed E-state index contributed by atoms with van der Waals surface area (Å²) in [5, 5.41) is 8.19. The summed E-state index contributed by atoms with van der Waals surface area (Å²) >= 11 is 8.56. The molecule has 0 saturated heterocycles. The molecule has 0 rings (SSSR count). The van der Waals surface area contributed by atoms with Crippen molar-refractivity contribution in [1.82, 2.24) is 5.48 Å². The predicted octanol–water partition coefficient (Wildman–Crippen LogP) is 0.814. The molecule has 0 fully saturated rings. The molecular weight excluding hydrogens is 269 g/mol. The Morgan fingerprint density at radius 3 is 2.19 bits per heavy atom. The van der Waals surface area contributed by atoms with Gasteiger partial charge in [0.25, 0.3) is 0 Å². The fourth-order valence-corrected chi connectivity index (χ4v) is 2.05. The molecule has 16 heavy (non-hydrogen) atoms. The molecule has 0 radical (unpaired) electrons. The Morgan fingerprint density at radius 1 is 1.50 bits per heavy atom. The lowest BCUT2D eigenvalue weighted by Gasteiger charge is -2.34. The highest BCUT2D eigenvalue weighted by Crippen LogP contribution is 2.58. The van der Waals surface area contributed by atoms with Crippen LogP contribution in [0.3, 0.4) is 0 Å². The van der Waals surface area contributed by atoms with Crippen molar-refractivity contribution in [3.8, 4) is 0 Å². The Bertz CT molecular complexity index is 301. The minimum atomic E-state index is -3.26. The Labute approximate surface area is 106 Å². The van der Waals surface area contributed by atoms with Crippen molar-refractivity contribution in [3.63, 3.8) is 0 Å². The third kappa shape index (κ3) is 4.41. The molecule has 0 aliphatic carbocycles. The summed E-state index contributed by atoms with van der Waals surface area (Å²) in [5.41, 5.74) is -1.50. The Hall–Kier alpha value is 0.510. The van der Waals surface area contributed by atoms with Gasteiger partial charge in [0.2, 0.25) is 0 Å². The second kappa shape index (κ2) is 5.44. The van der Waals surface area contributed by atoms with Crippen LogP contribution in [-0.2, 0) is 21.4 Å². The van der Waals surface area contributed by atoms with Gasteiger partial charge in [0.05, 0.1) is 5.60 Å². The average Bonchev–Trinajstić information content (AvgIpc) is 2.09. The molecule has 0 aliphatic heterocycles. The number of aldehydes is 1. The topological polar surface area (TPSA) is 78.8 Å². The number of rotatable bonds is 5. The van der Waals surface area contributed by atoms with E-state index in [1.807, 2.05) is 0 Å². The number of thiol groups is 1. The van der Waals surface area contributed by atoms with E-state index < -0.39 is 22.5 Å². The molecule has 0 aliphatic rings. The van der Waals surface area contributed by atoms with E-state index in [0.29, 0.717) is 6.29 Å². The molecular formula is C8H18NO4PS2. The highest BCUT2D eigenvalue weighted by atomic mass is 32.9. The molecule has 0 heterocycles. The molecule has 8 heteroatoms. The van der Waals surface area contributed by atoms with Crippen LogP contribution in [0.15, 0.2) is 0 Å². The monoisotopic (exact) mass is 287 g/mol. The van der Waals surface area contributed by atoms with Gasteiger partial charge in [-0.15, -0.1) is 12.2 Å². The normalized spacial score (nSPS) is 21.9. The van der Waals surface area contributed by atoms with E-state index >= 15 is 0 Å². The van der Waals surface area contributed by atoms with Crippen LogP contribution in [0.25, 0.3) is 0 Å². The van der Waals surface area contributed by atoms with Crippen LogP contribution in [-0.4, -0.2) is 33.3 Å². The smallest absolute Gasteiger partial charge is 0.146 e. The van der Waals surface area contributed by atoms with Gasteiger partial charge in [-0.25, -0.2) is 0 Å². The summed E-state index contributed by atoms with van der Waals surface area (Å²) in [5.74, 6) is 0. The van der Waals surface area contributed by atoms with Gasteiger partial charge in [0.1, 0.15) is 23.1 Å². The van der Waals surface area contributed by atoms with Gasteiger partial charge in [-0.3, -0.25) is 4.84 Å². The van der Waals surface area contributed by atoms with E-state index in [1.54, 1.807) is 20.8 Å². The Morgan fingerprint density at radius 2 is 1.94 bits per heavy atom. The van der Waals surface area contributed by atoms with Crippen molar-refractivity contribution in [1.29, 1.82) is 0 Å². The fourth-order valence-electron chi connectivity index (χ4n) is 0.644. The van der Waals surface area contributed by atoms with Crippen LogP contribution >= 0.6 is 17.7 Å². The van der Waals surface area contributed by atoms with E-state index in [1.165, 1.54) is 6.92 Å². The lowest BCUT2D eigenvalue weighted by molar-refractivity contribution is -0.144. The van der Waals surface area contributed by atoms with Crippen LogP contribution in [0.2, 0.25) is 0 Å². The predicted molar refractivity (Wildman–Crippen MR) is 69.9 cm³/mol. The van der Waals surface area contributed by atoms with Crippen molar-refractivity contribution in [3.05, 3.63) is 0 Å². The first-order valence-corrected chi connectivity index (χ1v) is 8.48. The lowest BCUT2D eigenvalue weighted by atomic mass is 10.1. The maximum atomic E-state index is 10.9. The number of aliphatic hydroxyl groups is 1. The Kier molecular flexibility index (Phi) is 5.61. The quantitative estimate of drug-likeness (QED) is 0.197. The summed E-state index contributed by atoms with van der Waals surface area (Å²) in [6, 6.07) is 0. The average molecular weight is 287 g/mol. The van der Waals surface area contributed by atoms with Crippen LogP contribution < -0.4 is 5.48 Å². The van der Waals surface area contributed by atoms with Crippen LogP contribution in [0.4, 0.5) is 0 Å². The first-order valence-electron chi connectivity index (χ1n) is 4.57. The number of hydrogen-bond acceptors (Lipinski definition) is 5. The van der Waals surface area contributed by atoms with Crippen molar-refractivity contribution >= 4 is 35.8 Å². The van der Waals surface area contributed by atoms with Crippen LogP contribution in [0, 0.1) is 0 Å². The molecule has 3 unspecified atom stereocenters. The SMILES string of the molecule is CC(C)(C)ONC(O)C(C)(C=O)P(O)(=S)S. The largest absolute Gasteiger partial charge is 0.375 e. The van der Waals surface area contributed by atoms with Crippen molar-refractivity contribution in [2.45, 2.75) is 44.7 Å². The zero-order valence-electron chi connectivity index (χ0n) is 9.67. The summed E-state index contributed by atoms with van der Waals surface area (Å²) in [6.45, 7) is 6.62. The molecule has 96 valence electrons. The maximum absolute atomic E-state index is 10.9. The van der Waals surface area contributed by atoms with E-state index in [0.717, 1.165) is 0 Å². The van der Waals surface area contributed by atoms with Gasteiger partial charge >= 0.3 is 0 Å². The van der Waals surface area contributed by atoms with E-state index in [4.69, 9.17) is 16.6 Å². The molecule has 0 aromatic heterocycles. The highest BCUT2D eigenvalue weighted by Gasteiger charge is 2.44. The third-order valence-corrected chi connectivity index (χ3v) is 5.97. The number of hydroxylamine groups is 1. The van der Waals surface area contributed by atoms with Crippen molar-refractivity contribution < 1.29 is 19.6 Å². The van der Waals surface area contributed by atoms with Gasteiger partial charge in [0, 0.05) is 0 Å². The number of aliphatic hydroxyl groups excluding tert-OH is 1. The molecule has 0 bridgehead atoms. The standard InChI is InChI=1S/C8H18NO4PS2/c1-7(2,3)13-9-6(11)8(4,5-10)14(12,15)16/h5-6,9,11H,1-4H3,(H2,12,15,16). The van der Waals surface area contributed by atoms with E-state index in [-0.39, 0.29) is 0 Å². The van der Waals surface area contributed by atoms with Crippen molar-refractivity contribution in [2.24, 2.45) is 0 Å². The number of carbonyl (C=O) groups excluding carboxylic acids is 1. The summed E-state index contributed by atoms with van der Waals surface area (Å²) in [7, 11) is 0.